The van der Waals surface area contributed by atoms with Crippen LogP contribution < -0.4 is 5.48 Å². The van der Waals surface area contributed by atoms with Crippen LogP contribution in [0, 0.1) is 0 Å². The number of benzene rings is 2. The van der Waals surface area contributed by atoms with Crippen molar-refractivity contribution in [2.45, 2.75) is 31.7 Å². The maximum atomic E-state index is 11.1. The van der Waals surface area contributed by atoms with Crippen molar-refractivity contribution < 1.29 is 14.8 Å². The van der Waals surface area contributed by atoms with Gasteiger partial charge in [-0.25, -0.2) is 10.5 Å². The number of unbranched alkanes of at least 4 members (excludes halogenated alkanes) is 1. The van der Waals surface area contributed by atoms with Crippen LogP contribution in [0.15, 0.2) is 84.5 Å². The molecule has 3 aromatic rings. The molecule has 0 aliphatic heterocycles. The molecule has 3 rings (SSSR count). The third-order valence-electron chi connectivity index (χ3n) is 4.72. The van der Waals surface area contributed by atoms with Gasteiger partial charge in [-0.1, -0.05) is 65.8 Å². The lowest BCUT2D eigenvalue weighted by Crippen LogP contribution is -2.22. The lowest BCUT2D eigenvalue weighted by atomic mass is 9.96. The van der Waals surface area contributed by atoms with Gasteiger partial charge in [0.1, 0.15) is 12.3 Å². The van der Waals surface area contributed by atoms with Gasteiger partial charge in [0.25, 0.3) is 0 Å². The van der Waals surface area contributed by atoms with Crippen LogP contribution in [0.5, 0.6) is 0 Å². The van der Waals surface area contributed by atoms with E-state index in [1.807, 2.05) is 59.3 Å². The number of carbonyl (C=O) groups is 1. The molecule has 7 heteroatoms. The Morgan fingerprint density at radius 2 is 1.83 bits per heavy atom. The number of imidazole rings is 1. The van der Waals surface area contributed by atoms with Gasteiger partial charge in [0.15, 0.2) is 0 Å². The fraction of sp³-hybridized carbons (Fsp3) is 0.261. The highest BCUT2D eigenvalue weighted by Gasteiger charge is 2.21. The molecule has 7 nitrogen and oxygen atoms in total. The molecule has 0 radical (unpaired) electrons. The van der Waals surface area contributed by atoms with Gasteiger partial charge in [0, 0.05) is 24.4 Å². The zero-order chi connectivity index (χ0) is 21.0. The van der Waals surface area contributed by atoms with E-state index in [9.17, 15) is 4.79 Å². The number of oxime groups is 1. The quantitative estimate of drug-likeness (QED) is 0.220. The number of rotatable bonds is 11. The van der Waals surface area contributed by atoms with E-state index in [2.05, 4.69) is 22.3 Å². The van der Waals surface area contributed by atoms with Crippen molar-refractivity contribution in [1.29, 1.82) is 0 Å². The number of nitrogens with zero attached hydrogens (tertiary/aromatic N) is 3. The van der Waals surface area contributed by atoms with Crippen LogP contribution in [-0.2, 0) is 16.1 Å². The molecule has 1 unspecified atom stereocenters. The number of carbonyl (C=O) groups excluding carboxylic acids is 1. The largest absolute Gasteiger partial charge is 0.396 e. The molecule has 156 valence electrons. The van der Waals surface area contributed by atoms with Crippen molar-refractivity contribution >= 4 is 11.6 Å². The average Bonchev–Trinajstić information content (AvgIpc) is 3.33. The van der Waals surface area contributed by atoms with Gasteiger partial charge in [-0.2, -0.15) is 0 Å². The van der Waals surface area contributed by atoms with E-state index in [4.69, 9.17) is 10.0 Å². The minimum Gasteiger partial charge on any atom is -0.396 e. The average molecular weight is 406 g/mol. The van der Waals surface area contributed by atoms with Crippen LogP contribution in [0.3, 0.4) is 0 Å². The predicted molar refractivity (Wildman–Crippen MR) is 114 cm³/mol. The Kier molecular flexibility index (Phi) is 8.17. The molecular formula is C23H26N4O3. The van der Waals surface area contributed by atoms with E-state index in [-0.39, 0.29) is 12.5 Å². The zero-order valence-electron chi connectivity index (χ0n) is 16.7. The van der Waals surface area contributed by atoms with Crippen molar-refractivity contribution in [1.82, 2.24) is 15.0 Å². The van der Waals surface area contributed by atoms with Crippen molar-refractivity contribution in [3.63, 3.8) is 0 Å². The summed E-state index contributed by atoms with van der Waals surface area (Å²) in [7, 11) is 0. The third kappa shape index (κ3) is 6.28. The van der Waals surface area contributed by atoms with Crippen molar-refractivity contribution in [2.24, 2.45) is 5.16 Å². The van der Waals surface area contributed by atoms with E-state index in [0.717, 1.165) is 17.7 Å². The molecular weight excluding hydrogens is 380 g/mol. The van der Waals surface area contributed by atoms with Gasteiger partial charge in [-0.15, -0.1) is 0 Å². The summed E-state index contributed by atoms with van der Waals surface area (Å²) in [6.07, 6.45) is 7.74. The van der Waals surface area contributed by atoms with Gasteiger partial charge in [-0.3, -0.25) is 10.0 Å². The first-order valence-electron chi connectivity index (χ1n) is 9.97. The van der Waals surface area contributed by atoms with E-state index in [0.29, 0.717) is 19.4 Å². The summed E-state index contributed by atoms with van der Waals surface area (Å²) in [5.41, 5.74) is 4.61. The molecule has 1 amide bonds. The van der Waals surface area contributed by atoms with Crippen LogP contribution in [-0.4, -0.2) is 33.0 Å². The standard InChI is InChI=1S/C23H26N4O3/c28-22(25-29)13-7-8-16-30-26-23(20-11-5-2-6-12-20)21(27-15-14-24-18-27)17-19-9-3-1-4-10-19/h1-6,9-12,14-15,18,21,29H,7-8,13,16-17H2,(H,25,28)/b26-23+. The van der Waals surface area contributed by atoms with Crippen LogP contribution >= 0.6 is 0 Å². The molecule has 2 aromatic carbocycles. The SMILES string of the molecule is O=C(CCCCO/N=C(\c1ccccc1)C(Cc1ccccc1)n1ccnc1)NO. The number of hydrogen-bond donors (Lipinski definition) is 2. The molecule has 0 fully saturated rings. The Balaban J connectivity index is 1.79. The number of aromatic nitrogens is 2. The maximum absolute atomic E-state index is 11.1. The fourth-order valence-corrected chi connectivity index (χ4v) is 3.17. The van der Waals surface area contributed by atoms with Crippen molar-refractivity contribution in [3.8, 4) is 0 Å². The summed E-state index contributed by atoms with van der Waals surface area (Å²) in [6, 6.07) is 20.1. The number of hydroxylamine groups is 1. The Labute approximate surface area is 176 Å². The minimum absolute atomic E-state index is 0.0857. The topological polar surface area (TPSA) is 88.7 Å². The fourth-order valence-electron chi connectivity index (χ4n) is 3.17. The van der Waals surface area contributed by atoms with E-state index < -0.39 is 5.91 Å². The number of amides is 1. The third-order valence-corrected chi connectivity index (χ3v) is 4.72. The summed E-state index contributed by atoms with van der Waals surface area (Å²) in [4.78, 5) is 21.0. The van der Waals surface area contributed by atoms with E-state index >= 15 is 0 Å². The summed E-state index contributed by atoms with van der Waals surface area (Å²) in [5.74, 6) is -0.397. The molecule has 1 heterocycles. The molecule has 30 heavy (non-hydrogen) atoms. The normalized spacial score (nSPS) is 12.4. The maximum Gasteiger partial charge on any atom is 0.243 e. The van der Waals surface area contributed by atoms with Crippen molar-refractivity contribution in [2.75, 3.05) is 6.61 Å². The van der Waals surface area contributed by atoms with Gasteiger partial charge in [0.2, 0.25) is 5.91 Å². The zero-order valence-corrected chi connectivity index (χ0v) is 16.7. The minimum atomic E-state index is -0.397. The molecule has 0 bridgehead atoms. The van der Waals surface area contributed by atoms with Gasteiger partial charge in [-0.05, 0) is 24.8 Å². The Morgan fingerprint density at radius 3 is 2.50 bits per heavy atom. The highest BCUT2D eigenvalue weighted by Crippen LogP contribution is 2.21. The van der Waals surface area contributed by atoms with Crippen LogP contribution in [0.1, 0.15) is 36.4 Å². The molecule has 0 saturated carbocycles. The summed E-state index contributed by atoms with van der Waals surface area (Å²) >= 11 is 0. The first-order chi connectivity index (χ1) is 14.8. The Bertz CT molecular complexity index is 912. The van der Waals surface area contributed by atoms with Crippen LogP contribution in [0.2, 0.25) is 0 Å². The summed E-state index contributed by atoms with van der Waals surface area (Å²) < 4.78 is 2.04. The highest BCUT2D eigenvalue weighted by molar-refractivity contribution is 6.03. The van der Waals surface area contributed by atoms with Crippen LogP contribution in [0.25, 0.3) is 0 Å². The Morgan fingerprint density at radius 1 is 1.10 bits per heavy atom. The number of nitrogens with one attached hydrogen (secondary N) is 1. The molecule has 0 saturated heterocycles. The first-order valence-corrected chi connectivity index (χ1v) is 9.97. The highest BCUT2D eigenvalue weighted by atomic mass is 16.6. The van der Waals surface area contributed by atoms with E-state index in [1.165, 1.54) is 5.56 Å². The molecule has 0 aliphatic rings. The smallest absolute Gasteiger partial charge is 0.243 e. The van der Waals surface area contributed by atoms with Gasteiger partial charge in [0.05, 0.1) is 12.4 Å². The second-order valence-corrected chi connectivity index (χ2v) is 6.88. The van der Waals surface area contributed by atoms with Gasteiger partial charge >= 0.3 is 0 Å². The lowest BCUT2D eigenvalue weighted by Gasteiger charge is -2.21. The summed E-state index contributed by atoms with van der Waals surface area (Å²) in [5, 5.41) is 13.1. The predicted octanol–water partition coefficient (Wildman–Crippen LogP) is 3.76. The molecule has 1 atom stereocenters. The molecule has 1 aromatic heterocycles. The monoisotopic (exact) mass is 406 g/mol. The van der Waals surface area contributed by atoms with Crippen molar-refractivity contribution in [3.05, 3.63) is 90.5 Å². The summed E-state index contributed by atoms with van der Waals surface area (Å²) in [6.45, 7) is 0.386. The molecule has 0 spiro atoms. The number of hydrogen-bond acceptors (Lipinski definition) is 5. The second kappa shape index (κ2) is 11.5. The Hall–Kier alpha value is -3.45. The lowest BCUT2D eigenvalue weighted by molar-refractivity contribution is -0.129. The van der Waals surface area contributed by atoms with Gasteiger partial charge < -0.3 is 9.40 Å². The van der Waals surface area contributed by atoms with E-state index in [1.54, 1.807) is 18.0 Å². The first kappa shape index (κ1) is 21.3. The van der Waals surface area contributed by atoms with Crippen LogP contribution in [0.4, 0.5) is 0 Å². The molecule has 0 aliphatic carbocycles. The second-order valence-electron chi connectivity index (χ2n) is 6.88. The molecule has 2 N–H and O–H groups in total.